The first-order valence-electron chi connectivity index (χ1n) is 4.30. The third kappa shape index (κ3) is 3.96. The summed E-state index contributed by atoms with van der Waals surface area (Å²) in [6, 6.07) is 0.767. The molecular formula is C10H6ClF3N2O. The van der Waals surface area contributed by atoms with Gasteiger partial charge >= 0.3 is 6.18 Å². The van der Waals surface area contributed by atoms with Crippen LogP contribution in [0, 0.1) is 11.8 Å². The lowest BCUT2D eigenvalue weighted by molar-refractivity contribution is -0.137. The van der Waals surface area contributed by atoms with Gasteiger partial charge in [0, 0.05) is 11.8 Å². The smallest absolute Gasteiger partial charge is 0.369 e. The minimum atomic E-state index is -4.59. The van der Waals surface area contributed by atoms with Crippen LogP contribution in [0.4, 0.5) is 13.2 Å². The van der Waals surface area contributed by atoms with Gasteiger partial charge < -0.3 is 5.73 Å². The van der Waals surface area contributed by atoms with Gasteiger partial charge in [-0.3, -0.25) is 4.79 Å². The van der Waals surface area contributed by atoms with Crippen LogP contribution in [0.5, 0.6) is 0 Å². The van der Waals surface area contributed by atoms with Gasteiger partial charge in [0.25, 0.3) is 0 Å². The number of nitrogens with zero attached hydrogens (tertiary/aromatic N) is 1. The van der Waals surface area contributed by atoms with Crippen LogP contribution in [0.2, 0.25) is 5.15 Å². The number of hydrogen-bond donors (Lipinski definition) is 1. The minimum Gasteiger partial charge on any atom is -0.369 e. The molecule has 1 heterocycles. The van der Waals surface area contributed by atoms with Gasteiger partial charge in [0.05, 0.1) is 12.0 Å². The van der Waals surface area contributed by atoms with E-state index in [2.05, 4.69) is 16.8 Å². The topological polar surface area (TPSA) is 56.0 Å². The van der Waals surface area contributed by atoms with E-state index in [4.69, 9.17) is 17.3 Å². The van der Waals surface area contributed by atoms with E-state index in [-0.39, 0.29) is 12.0 Å². The fourth-order valence-corrected chi connectivity index (χ4v) is 1.16. The van der Waals surface area contributed by atoms with E-state index in [1.807, 2.05) is 0 Å². The zero-order valence-corrected chi connectivity index (χ0v) is 9.06. The number of pyridine rings is 1. The third-order valence-corrected chi connectivity index (χ3v) is 1.94. The molecule has 0 radical (unpaired) electrons. The van der Waals surface area contributed by atoms with Crippen molar-refractivity contribution < 1.29 is 18.0 Å². The summed E-state index contributed by atoms with van der Waals surface area (Å²) in [5.74, 6) is 4.01. The molecule has 3 nitrogen and oxygen atoms in total. The Balaban J connectivity index is 3.04. The van der Waals surface area contributed by atoms with E-state index in [0.717, 1.165) is 12.3 Å². The Morgan fingerprint density at radius 2 is 2.18 bits per heavy atom. The minimum absolute atomic E-state index is 0.0166. The summed E-state index contributed by atoms with van der Waals surface area (Å²) in [7, 11) is 0. The first-order chi connectivity index (χ1) is 7.80. The van der Waals surface area contributed by atoms with Gasteiger partial charge in [-0.05, 0) is 6.07 Å². The van der Waals surface area contributed by atoms with Crippen LogP contribution >= 0.6 is 11.6 Å². The molecule has 1 aromatic rings. The number of primary amides is 1. The van der Waals surface area contributed by atoms with Crippen LogP contribution in [0.15, 0.2) is 12.3 Å². The molecule has 7 heteroatoms. The van der Waals surface area contributed by atoms with Crippen molar-refractivity contribution in [3.8, 4) is 11.8 Å². The van der Waals surface area contributed by atoms with E-state index in [9.17, 15) is 18.0 Å². The Kier molecular flexibility index (Phi) is 3.97. The molecule has 0 atom stereocenters. The highest BCUT2D eigenvalue weighted by Crippen LogP contribution is 2.33. The zero-order valence-electron chi connectivity index (χ0n) is 8.31. The summed E-state index contributed by atoms with van der Waals surface area (Å²) in [4.78, 5) is 13.7. The molecule has 17 heavy (non-hydrogen) atoms. The van der Waals surface area contributed by atoms with Gasteiger partial charge in [0.2, 0.25) is 5.91 Å². The molecule has 90 valence electrons. The van der Waals surface area contributed by atoms with Gasteiger partial charge in [-0.25, -0.2) is 4.98 Å². The molecule has 1 rings (SSSR count). The number of aromatic nitrogens is 1. The van der Waals surface area contributed by atoms with Gasteiger partial charge in [-0.2, -0.15) is 13.2 Å². The molecule has 0 saturated heterocycles. The molecule has 2 N–H and O–H groups in total. The van der Waals surface area contributed by atoms with Crippen LogP contribution in [-0.2, 0) is 11.0 Å². The van der Waals surface area contributed by atoms with Crippen molar-refractivity contribution in [2.24, 2.45) is 5.73 Å². The van der Waals surface area contributed by atoms with Crippen molar-refractivity contribution in [3.63, 3.8) is 0 Å². The summed E-state index contributed by atoms with van der Waals surface area (Å²) >= 11 is 5.31. The maximum absolute atomic E-state index is 12.4. The standard InChI is InChI=1S/C10H6ClF3N2O/c11-9-7(10(12,13)14)4-6(5-16-9)2-1-3-8(15)17/h4-5H,3H2,(H2,15,17). The average Bonchev–Trinajstić information content (AvgIpc) is 2.18. The first kappa shape index (κ1) is 13.3. The predicted octanol–water partition coefficient (Wildman–Crippen LogP) is 1.98. The fraction of sp³-hybridized carbons (Fsp3) is 0.200. The molecule has 1 aromatic heterocycles. The Morgan fingerprint density at radius 1 is 1.53 bits per heavy atom. The number of carbonyl (C=O) groups excluding carboxylic acids is 1. The highest BCUT2D eigenvalue weighted by molar-refractivity contribution is 6.30. The van der Waals surface area contributed by atoms with Crippen LogP contribution in [0.3, 0.4) is 0 Å². The van der Waals surface area contributed by atoms with Crippen molar-refractivity contribution in [2.75, 3.05) is 0 Å². The summed E-state index contributed by atoms with van der Waals surface area (Å²) < 4.78 is 37.3. The van der Waals surface area contributed by atoms with E-state index in [1.165, 1.54) is 0 Å². The van der Waals surface area contributed by atoms with Gasteiger partial charge in [0.1, 0.15) is 5.15 Å². The molecule has 0 unspecified atom stereocenters. The van der Waals surface area contributed by atoms with E-state index in [0.29, 0.717) is 0 Å². The quantitative estimate of drug-likeness (QED) is 0.621. The van der Waals surface area contributed by atoms with Crippen molar-refractivity contribution in [1.82, 2.24) is 4.98 Å². The molecular weight excluding hydrogens is 257 g/mol. The van der Waals surface area contributed by atoms with Crippen LogP contribution in [0.1, 0.15) is 17.5 Å². The first-order valence-corrected chi connectivity index (χ1v) is 4.68. The van der Waals surface area contributed by atoms with Crippen molar-refractivity contribution in [2.45, 2.75) is 12.6 Å². The second kappa shape index (κ2) is 5.06. The number of carbonyl (C=O) groups is 1. The molecule has 0 saturated carbocycles. The Hall–Kier alpha value is -1.74. The molecule has 0 aromatic carbocycles. The van der Waals surface area contributed by atoms with E-state index < -0.39 is 22.8 Å². The van der Waals surface area contributed by atoms with E-state index >= 15 is 0 Å². The summed E-state index contributed by atoms with van der Waals surface area (Å²) in [6.45, 7) is 0. The predicted molar refractivity (Wildman–Crippen MR) is 54.9 cm³/mol. The number of amides is 1. The molecule has 0 spiro atoms. The lowest BCUT2D eigenvalue weighted by atomic mass is 10.2. The van der Waals surface area contributed by atoms with Crippen molar-refractivity contribution in [1.29, 1.82) is 0 Å². The Labute approximate surface area is 99.8 Å². The van der Waals surface area contributed by atoms with Crippen molar-refractivity contribution in [3.05, 3.63) is 28.5 Å². The van der Waals surface area contributed by atoms with E-state index in [1.54, 1.807) is 0 Å². The largest absolute Gasteiger partial charge is 0.419 e. The number of halogens is 4. The molecule has 0 aliphatic carbocycles. The third-order valence-electron chi connectivity index (χ3n) is 1.64. The number of hydrogen-bond acceptors (Lipinski definition) is 2. The maximum atomic E-state index is 12.4. The highest BCUT2D eigenvalue weighted by atomic mass is 35.5. The zero-order chi connectivity index (χ0) is 13.1. The number of alkyl halides is 3. The van der Waals surface area contributed by atoms with Crippen LogP contribution < -0.4 is 5.73 Å². The number of rotatable bonds is 1. The summed E-state index contributed by atoms with van der Waals surface area (Å²) in [5.41, 5.74) is 3.77. The lowest BCUT2D eigenvalue weighted by Gasteiger charge is -2.07. The van der Waals surface area contributed by atoms with Crippen LogP contribution in [0.25, 0.3) is 0 Å². The van der Waals surface area contributed by atoms with Crippen molar-refractivity contribution >= 4 is 17.5 Å². The number of nitrogens with two attached hydrogens (primary N) is 1. The second-order valence-electron chi connectivity index (χ2n) is 3.00. The summed E-state index contributed by atoms with van der Waals surface area (Å²) in [5, 5.41) is -0.641. The molecule has 0 aliphatic heterocycles. The molecule has 0 bridgehead atoms. The molecule has 0 aliphatic rings. The SMILES string of the molecule is NC(=O)CC#Cc1cnc(Cl)c(C(F)(F)F)c1. The highest BCUT2D eigenvalue weighted by Gasteiger charge is 2.34. The fourth-order valence-electron chi connectivity index (χ4n) is 0.949. The van der Waals surface area contributed by atoms with Gasteiger partial charge in [-0.15, -0.1) is 0 Å². The normalized spacial score (nSPS) is 10.6. The van der Waals surface area contributed by atoms with Gasteiger partial charge in [-0.1, -0.05) is 23.4 Å². The lowest BCUT2D eigenvalue weighted by Crippen LogP contribution is -2.08. The maximum Gasteiger partial charge on any atom is 0.419 e. The molecule has 1 amide bonds. The molecule has 0 fully saturated rings. The van der Waals surface area contributed by atoms with Crippen LogP contribution in [-0.4, -0.2) is 10.9 Å². The average molecular weight is 263 g/mol. The van der Waals surface area contributed by atoms with Gasteiger partial charge in [0.15, 0.2) is 0 Å². The second-order valence-corrected chi connectivity index (χ2v) is 3.36. The summed E-state index contributed by atoms with van der Waals surface area (Å²) in [6.07, 6.45) is -3.74. The Morgan fingerprint density at radius 3 is 2.71 bits per heavy atom. The Bertz CT molecular complexity index is 502. The monoisotopic (exact) mass is 262 g/mol.